The van der Waals surface area contributed by atoms with Gasteiger partial charge in [0.1, 0.15) is 6.10 Å². The summed E-state index contributed by atoms with van der Waals surface area (Å²) in [5.41, 5.74) is 0.868. The van der Waals surface area contributed by atoms with E-state index in [0.717, 1.165) is 0 Å². The minimum absolute atomic E-state index is 0. The van der Waals surface area contributed by atoms with Gasteiger partial charge in [-0.25, -0.2) is 0 Å². The first-order valence-corrected chi connectivity index (χ1v) is 6.73. The molecule has 1 saturated heterocycles. The first kappa shape index (κ1) is 18.7. The lowest BCUT2D eigenvalue weighted by atomic mass is 10.1. The van der Waals surface area contributed by atoms with Crippen molar-refractivity contribution in [3.63, 3.8) is 0 Å². The average molecular weight is 339 g/mol. The number of halogens is 4. The minimum atomic E-state index is -4.21. The fourth-order valence-electron chi connectivity index (χ4n) is 2.08. The van der Waals surface area contributed by atoms with Crippen LogP contribution in [-0.4, -0.2) is 37.9 Å². The molecule has 1 aliphatic heterocycles. The SMILES string of the molecule is Cl.O=C(Nc1ccccc1CCC(F)(F)F)C1CNCCO1. The van der Waals surface area contributed by atoms with Crippen molar-refractivity contribution in [1.29, 1.82) is 0 Å². The van der Waals surface area contributed by atoms with E-state index in [1.807, 2.05) is 0 Å². The van der Waals surface area contributed by atoms with Gasteiger partial charge in [0.2, 0.25) is 0 Å². The summed E-state index contributed by atoms with van der Waals surface area (Å²) in [4.78, 5) is 12.0. The van der Waals surface area contributed by atoms with Crippen LogP contribution in [0.15, 0.2) is 24.3 Å². The van der Waals surface area contributed by atoms with Crippen LogP contribution in [0.2, 0.25) is 0 Å². The molecule has 124 valence electrons. The van der Waals surface area contributed by atoms with Gasteiger partial charge in [-0.3, -0.25) is 4.79 Å². The van der Waals surface area contributed by atoms with Gasteiger partial charge in [-0.2, -0.15) is 13.2 Å². The van der Waals surface area contributed by atoms with Crippen LogP contribution in [0, 0.1) is 0 Å². The van der Waals surface area contributed by atoms with Gasteiger partial charge in [0.05, 0.1) is 6.61 Å². The maximum atomic E-state index is 12.3. The maximum absolute atomic E-state index is 12.3. The number of anilines is 1. The number of morpholine rings is 1. The fraction of sp³-hybridized carbons (Fsp3) is 0.500. The van der Waals surface area contributed by atoms with Crippen molar-refractivity contribution in [2.24, 2.45) is 0 Å². The van der Waals surface area contributed by atoms with E-state index < -0.39 is 18.7 Å². The molecule has 2 rings (SSSR count). The Hall–Kier alpha value is -1.31. The number of benzene rings is 1. The summed E-state index contributed by atoms with van der Waals surface area (Å²) in [6, 6.07) is 6.51. The number of amides is 1. The highest BCUT2D eigenvalue weighted by Crippen LogP contribution is 2.25. The normalized spacial score (nSPS) is 18.4. The van der Waals surface area contributed by atoms with E-state index in [0.29, 0.717) is 30.9 Å². The monoisotopic (exact) mass is 338 g/mol. The topological polar surface area (TPSA) is 50.4 Å². The van der Waals surface area contributed by atoms with Gasteiger partial charge < -0.3 is 15.4 Å². The number of rotatable bonds is 4. The van der Waals surface area contributed by atoms with Crippen molar-refractivity contribution >= 4 is 24.0 Å². The molecule has 2 N–H and O–H groups in total. The second-order valence-corrected chi connectivity index (χ2v) is 4.83. The molecule has 1 aromatic rings. The molecule has 1 fully saturated rings. The Kier molecular flexibility index (Phi) is 7.12. The van der Waals surface area contributed by atoms with Crippen LogP contribution in [0.5, 0.6) is 0 Å². The Balaban J connectivity index is 0.00000242. The van der Waals surface area contributed by atoms with Crippen LogP contribution in [0.3, 0.4) is 0 Å². The number of ether oxygens (including phenoxy) is 1. The van der Waals surface area contributed by atoms with E-state index in [9.17, 15) is 18.0 Å². The van der Waals surface area contributed by atoms with Gasteiger partial charge in [-0.15, -0.1) is 12.4 Å². The Morgan fingerprint density at radius 3 is 2.73 bits per heavy atom. The lowest BCUT2D eigenvalue weighted by Crippen LogP contribution is -2.45. The standard InChI is InChI=1S/C14H17F3N2O2.ClH/c15-14(16,17)6-5-10-3-1-2-4-11(10)19-13(20)12-9-18-7-8-21-12;/h1-4,12,18H,5-9H2,(H,19,20);1H. The zero-order chi connectivity index (χ0) is 15.3. The molecule has 0 saturated carbocycles. The van der Waals surface area contributed by atoms with Gasteiger partial charge in [-0.1, -0.05) is 18.2 Å². The molecule has 4 nitrogen and oxygen atoms in total. The number of hydrogen-bond acceptors (Lipinski definition) is 3. The van der Waals surface area contributed by atoms with Crippen molar-refractivity contribution in [3.05, 3.63) is 29.8 Å². The molecule has 1 heterocycles. The molecule has 0 radical (unpaired) electrons. The van der Waals surface area contributed by atoms with Crippen molar-refractivity contribution in [2.45, 2.75) is 25.1 Å². The van der Waals surface area contributed by atoms with Crippen LogP contribution < -0.4 is 10.6 Å². The molecule has 1 amide bonds. The molecule has 1 aromatic carbocycles. The largest absolute Gasteiger partial charge is 0.389 e. The van der Waals surface area contributed by atoms with E-state index in [-0.39, 0.29) is 24.7 Å². The first-order valence-electron chi connectivity index (χ1n) is 6.73. The van der Waals surface area contributed by atoms with E-state index >= 15 is 0 Å². The van der Waals surface area contributed by atoms with E-state index in [4.69, 9.17) is 4.74 Å². The number of carbonyl (C=O) groups excluding carboxylic acids is 1. The number of alkyl halides is 3. The predicted octanol–water partition coefficient (Wildman–Crippen LogP) is 2.53. The highest BCUT2D eigenvalue weighted by molar-refractivity contribution is 5.95. The Morgan fingerprint density at radius 2 is 2.09 bits per heavy atom. The molecule has 8 heteroatoms. The van der Waals surface area contributed by atoms with Crippen LogP contribution in [0.4, 0.5) is 18.9 Å². The number of para-hydroxylation sites is 1. The minimum Gasteiger partial charge on any atom is -0.366 e. The molecule has 0 aliphatic carbocycles. The van der Waals surface area contributed by atoms with Gasteiger partial charge >= 0.3 is 6.18 Å². The summed E-state index contributed by atoms with van der Waals surface area (Å²) < 4.78 is 42.2. The summed E-state index contributed by atoms with van der Waals surface area (Å²) in [6.45, 7) is 1.52. The highest BCUT2D eigenvalue weighted by atomic mass is 35.5. The predicted molar refractivity (Wildman–Crippen MR) is 79.3 cm³/mol. The number of aryl methyl sites for hydroxylation is 1. The molecule has 1 atom stereocenters. The zero-order valence-corrected chi connectivity index (χ0v) is 12.6. The molecule has 0 bridgehead atoms. The van der Waals surface area contributed by atoms with Crippen LogP contribution in [-0.2, 0) is 16.0 Å². The third kappa shape index (κ3) is 5.82. The van der Waals surface area contributed by atoms with Gasteiger partial charge in [-0.05, 0) is 18.1 Å². The van der Waals surface area contributed by atoms with Crippen molar-refractivity contribution in [1.82, 2.24) is 5.32 Å². The summed E-state index contributed by atoms with van der Waals surface area (Å²) in [5, 5.41) is 5.67. The first-order chi connectivity index (χ1) is 9.96. The Morgan fingerprint density at radius 1 is 1.36 bits per heavy atom. The van der Waals surface area contributed by atoms with E-state index in [2.05, 4.69) is 10.6 Å². The smallest absolute Gasteiger partial charge is 0.366 e. The third-order valence-electron chi connectivity index (χ3n) is 3.17. The van der Waals surface area contributed by atoms with Crippen molar-refractivity contribution < 1.29 is 22.7 Å². The molecule has 1 aliphatic rings. The molecule has 1 unspecified atom stereocenters. The molecule has 0 spiro atoms. The zero-order valence-electron chi connectivity index (χ0n) is 11.8. The molecular weight excluding hydrogens is 321 g/mol. The van der Waals surface area contributed by atoms with Crippen LogP contribution >= 0.6 is 12.4 Å². The van der Waals surface area contributed by atoms with Crippen molar-refractivity contribution in [2.75, 3.05) is 25.0 Å². The summed E-state index contributed by atoms with van der Waals surface area (Å²) >= 11 is 0. The molecular formula is C14H18ClF3N2O2. The number of hydrogen-bond donors (Lipinski definition) is 2. The van der Waals surface area contributed by atoms with Crippen LogP contribution in [0.25, 0.3) is 0 Å². The second-order valence-electron chi connectivity index (χ2n) is 4.83. The highest BCUT2D eigenvalue weighted by Gasteiger charge is 2.27. The Labute approximate surface area is 132 Å². The third-order valence-corrected chi connectivity index (χ3v) is 3.17. The lowest BCUT2D eigenvalue weighted by Gasteiger charge is -2.23. The fourth-order valence-corrected chi connectivity index (χ4v) is 2.08. The number of nitrogens with one attached hydrogen (secondary N) is 2. The van der Waals surface area contributed by atoms with Gasteiger partial charge in [0.25, 0.3) is 5.91 Å². The second kappa shape index (κ2) is 8.36. The van der Waals surface area contributed by atoms with E-state index in [1.54, 1.807) is 24.3 Å². The molecule has 0 aromatic heterocycles. The molecule has 22 heavy (non-hydrogen) atoms. The summed E-state index contributed by atoms with van der Waals surface area (Å²) in [7, 11) is 0. The quantitative estimate of drug-likeness (QED) is 0.887. The van der Waals surface area contributed by atoms with Crippen LogP contribution in [0.1, 0.15) is 12.0 Å². The van der Waals surface area contributed by atoms with Crippen molar-refractivity contribution in [3.8, 4) is 0 Å². The summed E-state index contributed by atoms with van der Waals surface area (Å²) in [6.07, 6.45) is -5.91. The average Bonchev–Trinajstić information content (AvgIpc) is 2.46. The Bertz CT molecular complexity index is 491. The lowest BCUT2D eigenvalue weighted by molar-refractivity contribution is -0.133. The van der Waals surface area contributed by atoms with Gasteiger partial charge in [0.15, 0.2) is 0 Å². The van der Waals surface area contributed by atoms with Gasteiger partial charge in [0, 0.05) is 25.2 Å². The maximum Gasteiger partial charge on any atom is 0.389 e. The summed E-state index contributed by atoms with van der Waals surface area (Å²) in [5.74, 6) is -0.346. The van der Waals surface area contributed by atoms with E-state index in [1.165, 1.54) is 0 Å². The number of carbonyl (C=O) groups is 1.